The third-order valence-corrected chi connectivity index (χ3v) is 4.89. The smallest absolute Gasteiger partial charge is 0.294 e. The first kappa shape index (κ1) is 17.0. The Bertz CT molecular complexity index is 932. The molecular weight excluding hydrogens is 340 g/mol. The van der Waals surface area contributed by atoms with E-state index in [-0.39, 0.29) is 16.4 Å². The molecule has 3 N–H and O–H groups in total. The van der Waals surface area contributed by atoms with Crippen molar-refractivity contribution >= 4 is 10.1 Å². The van der Waals surface area contributed by atoms with Crippen molar-refractivity contribution in [1.82, 2.24) is 0 Å². The number of phenolic OH excluding ortho intramolecular Hbond substituents is 2. The van der Waals surface area contributed by atoms with Crippen LogP contribution in [0.15, 0.2) is 77.7 Å². The highest BCUT2D eigenvalue weighted by atomic mass is 32.2. The third kappa shape index (κ3) is 3.65. The van der Waals surface area contributed by atoms with Gasteiger partial charge in [0.25, 0.3) is 10.1 Å². The largest absolute Gasteiger partial charge is 0.508 e. The molecule has 0 saturated heterocycles. The molecule has 3 aromatic rings. The molecule has 6 heteroatoms. The van der Waals surface area contributed by atoms with Gasteiger partial charge in [-0.05, 0) is 47.0 Å². The summed E-state index contributed by atoms with van der Waals surface area (Å²) < 4.78 is 33.2. The predicted octanol–water partition coefficient (Wildman–Crippen LogP) is 3.52. The standard InChI is InChI=1S/C19H16O5S/c20-15-9-5-13(6-10-15)19(14-7-11-16(21)12-8-14)17-3-1-2-4-18(17)25(22,23)24/h1-12,19-21H,(H,22,23,24). The Labute approximate surface area is 145 Å². The zero-order valence-electron chi connectivity index (χ0n) is 13.1. The molecule has 128 valence electrons. The Morgan fingerprint density at radius 3 is 1.56 bits per heavy atom. The highest BCUT2D eigenvalue weighted by Gasteiger charge is 2.24. The van der Waals surface area contributed by atoms with Crippen LogP contribution in [0.1, 0.15) is 22.6 Å². The lowest BCUT2D eigenvalue weighted by Gasteiger charge is -2.21. The van der Waals surface area contributed by atoms with Gasteiger partial charge >= 0.3 is 0 Å². The van der Waals surface area contributed by atoms with Gasteiger partial charge in [0.2, 0.25) is 0 Å². The minimum atomic E-state index is -4.41. The van der Waals surface area contributed by atoms with Crippen LogP contribution < -0.4 is 0 Å². The number of benzene rings is 3. The van der Waals surface area contributed by atoms with Crippen LogP contribution in [0.25, 0.3) is 0 Å². The van der Waals surface area contributed by atoms with Gasteiger partial charge in [0.15, 0.2) is 0 Å². The normalized spacial score (nSPS) is 11.6. The summed E-state index contributed by atoms with van der Waals surface area (Å²) in [7, 11) is -4.41. The van der Waals surface area contributed by atoms with E-state index in [0.29, 0.717) is 5.56 Å². The number of hydrogen-bond acceptors (Lipinski definition) is 4. The van der Waals surface area contributed by atoms with Gasteiger partial charge in [-0.2, -0.15) is 8.42 Å². The van der Waals surface area contributed by atoms with E-state index in [9.17, 15) is 23.2 Å². The number of rotatable bonds is 4. The minimum absolute atomic E-state index is 0.0938. The second kappa shape index (κ2) is 6.58. The van der Waals surface area contributed by atoms with Crippen molar-refractivity contribution in [2.24, 2.45) is 0 Å². The molecule has 0 aromatic heterocycles. The van der Waals surface area contributed by atoms with Crippen molar-refractivity contribution < 1.29 is 23.2 Å². The Morgan fingerprint density at radius 2 is 1.12 bits per heavy atom. The molecule has 0 fully saturated rings. The fourth-order valence-corrected chi connectivity index (χ4v) is 3.57. The molecule has 0 amide bonds. The zero-order valence-corrected chi connectivity index (χ0v) is 13.9. The molecule has 0 spiro atoms. The topological polar surface area (TPSA) is 94.8 Å². The summed E-state index contributed by atoms with van der Waals surface area (Å²) in [5.74, 6) is -0.313. The molecule has 0 aliphatic carbocycles. The van der Waals surface area contributed by atoms with Crippen molar-refractivity contribution in [3.63, 3.8) is 0 Å². The molecule has 3 aromatic carbocycles. The van der Waals surface area contributed by atoms with Crippen molar-refractivity contribution in [2.75, 3.05) is 0 Å². The van der Waals surface area contributed by atoms with Crippen LogP contribution in [0.4, 0.5) is 0 Å². The third-order valence-electron chi connectivity index (χ3n) is 3.96. The van der Waals surface area contributed by atoms with Gasteiger partial charge in [-0.3, -0.25) is 4.55 Å². The Hall–Kier alpha value is -2.83. The van der Waals surface area contributed by atoms with E-state index >= 15 is 0 Å². The molecule has 5 nitrogen and oxygen atoms in total. The SMILES string of the molecule is O=S(=O)(O)c1ccccc1C(c1ccc(O)cc1)c1ccc(O)cc1. The van der Waals surface area contributed by atoms with Crippen LogP contribution in [-0.4, -0.2) is 23.2 Å². The number of phenols is 2. The van der Waals surface area contributed by atoms with Crippen LogP contribution in [-0.2, 0) is 10.1 Å². The van der Waals surface area contributed by atoms with E-state index in [4.69, 9.17) is 0 Å². The first-order valence-electron chi connectivity index (χ1n) is 7.50. The summed E-state index contributed by atoms with van der Waals surface area (Å²) in [5, 5.41) is 19.1. The van der Waals surface area contributed by atoms with Crippen LogP contribution >= 0.6 is 0 Å². The summed E-state index contributed by atoms with van der Waals surface area (Å²) >= 11 is 0. The van der Waals surface area contributed by atoms with Gasteiger partial charge < -0.3 is 10.2 Å². The van der Waals surface area contributed by atoms with Gasteiger partial charge in [0.1, 0.15) is 11.5 Å². The molecule has 0 unspecified atom stereocenters. The summed E-state index contributed by atoms with van der Waals surface area (Å²) in [6.07, 6.45) is 0. The van der Waals surface area contributed by atoms with Crippen LogP contribution in [0.2, 0.25) is 0 Å². The van der Waals surface area contributed by atoms with Gasteiger partial charge in [0, 0.05) is 5.92 Å². The lowest BCUT2D eigenvalue weighted by molar-refractivity contribution is 0.474. The first-order chi connectivity index (χ1) is 11.9. The Kier molecular flexibility index (Phi) is 4.48. The fourth-order valence-electron chi connectivity index (χ4n) is 2.84. The summed E-state index contributed by atoms with van der Waals surface area (Å²) in [4.78, 5) is -0.179. The summed E-state index contributed by atoms with van der Waals surface area (Å²) in [5.41, 5.74) is 1.88. The van der Waals surface area contributed by atoms with Crippen molar-refractivity contribution in [2.45, 2.75) is 10.8 Å². The van der Waals surface area contributed by atoms with E-state index in [0.717, 1.165) is 11.1 Å². The van der Waals surface area contributed by atoms with Crippen LogP contribution in [0.5, 0.6) is 11.5 Å². The molecule has 0 radical (unpaired) electrons. The molecule has 0 saturated carbocycles. The Balaban J connectivity index is 2.26. The van der Waals surface area contributed by atoms with Crippen molar-refractivity contribution in [1.29, 1.82) is 0 Å². The number of aromatic hydroxyl groups is 2. The lowest BCUT2D eigenvalue weighted by atomic mass is 9.85. The predicted molar refractivity (Wildman–Crippen MR) is 93.4 cm³/mol. The van der Waals surface area contributed by atoms with Crippen LogP contribution in [0.3, 0.4) is 0 Å². The molecular formula is C19H16O5S. The molecule has 0 bridgehead atoms. The monoisotopic (exact) mass is 356 g/mol. The molecule has 25 heavy (non-hydrogen) atoms. The minimum Gasteiger partial charge on any atom is -0.508 e. The molecule has 3 rings (SSSR count). The average Bonchev–Trinajstić information content (AvgIpc) is 2.58. The van der Waals surface area contributed by atoms with E-state index in [1.54, 1.807) is 36.4 Å². The first-order valence-corrected chi connectivity index (χ1v) is 8.94. The molecule has 0 heterocycles. The fraction of sp³-hybridized carbons (Fsp3) is 0.0526. The summed E-state index contributed by atoms with van der Waals surface area (Å²) in [6, 6.07) is 19.0. The van der Waals surface area contributed by atoms with E-state index < -0.39 is 16.0 Å². The maximum Gasteiger partial charge on any atom is 0.294 e. The average molecular weight is 356 g/mol. The zero-order chi connectivity index (χ0) is 18.0. The van der Waals surface area contributed by atoms with Gasteiger partial charge in [-0.15, -0.1) is 0 Å². The second-order valence-corrected chi connectivity index (χ2v) is 7.02. The van der Waals surface area contributed by atoms with Gasteiger partial charge in [-0.25, -0.2) is 0 Å². The van der Waals surface area contributed by atoms with E-state index in [1.807, 2.05) is 0 Å². The maximum absolute atomic E-state index is 11.8. The van der Waals surface area contributed by atoms with Crippen LogP contribution in [0, 0.1) is 0 Å². The quantitative estimate of drug-likeness (QED) is 0.491. The van der Waals surface area contributed by atoms with Crippen molar-refractivity contribution in [3.8, 4) is 11.5 Å². The highest BCUT2D eigenvalue weighted by Crippen LogP contribution is 2.36. The lowest BCUT2D eigenvalue weighted by Crippen LogP contribution is -2.10. The van der Waals surface area contributed by atoms with Crippen molar-refractivity contribution in [3.05, 3.63) is 89.5 Å². The van der Waals surface area contributed by atoms with E-state index in [1.165, 1.54) is 36.4 Å². The summed E-state index contributed by atoms with van der Waals surface area (Å²) in [6.45, 7) is 0. The molecule has 0 aliphatic rings. The molecule has 0 aliphatic heterocycles. The number of hydrogen-bond donors (Lipinski definition) is 3. The second-order valence-electron chi connectivity index (χ2n) is 5.63. The highest BCUT2D eigenvalue weighted by molar-refractivity contribution is 7.85. The maximum atomic E-state index is 11.8. The molecule has 0 atom stereocenters. The van der Waals surface area contributed by atoms with Gasteiger partial charge in [0.05, 0.1) is 4.90 Å². The van der Waals surface area contributed by atoms with Gasteiger partial charge in [-0.1, -0.05) is 42.5 Å². The van der Waals surface area contributed by atoms with E-state index in [2.05, 4.69) is 0 Å². The Morgan fingerprint density at radius 1 is 0.680 bits per heavy atom.